The van der Waals surface area contributed by atoms with Crippen molar-refractivity contribution in [3.63, 3.8) is 0 Å². The van der Waals surface area contributed by atoms with Gasteiger partial charge in [0.15, 0.2) is 0 Å². The van der Waals surface area contributed by atoms with Crippen molar-refractivity contribution in [3.8, 4) is 22.4 Å². The Balaban J connectivity index is 1.52. The van der Waals surface area contributed by atoms with Gasteiger partial charge in [-0.15, -0.1) is 11.3 Å². The second-order valence-electron chi connectivity index (χ2n) is 8.96. The van der Waals surface area contributed by atoms with Crippen LogP contribution in [0, 0.1) is 20.8 Å². The summed E-state index contributed by atoms with van der Waals surface area (Å²) >= 11 is 1.83. The van der Waals surface area contributed by atoms with Crippen LogP contribution in [0.2, 0.25) is 0 Å². The van der Waals surface area contributed by atoms with E-state index < -0.39 is 0 Å². The molecule has 2 aromatic carbocycles. The third kappa shape index (κ3) is 2.95. The maximum absolute atomic E-state index is 6.28. The van der Waals surface area contributed by atoms with Gasteiger partial charge in [-0.1, -0.05) is 24.3 Å². The second-order valence-corrected chi connectivity index (χ2v) is 10.4. The molecule has 0 bridgehead atoms. The van der Waals surface area contributed by atoms with Gasteiger partial charge in [0.25, 0.3) is 0 Å². The van der Waals surface area contributed by atoms with E-state index in [4.69, 9.17) is 9.40 Å². The van der Waals surface area contributed by atoms with Crippen molar-refractivity contribution >= 4 is 55.1 Å². The van der Waals surface area contributed by atoms with Gasteiger partial charge < -0.3 is 4.42 Å². The van der Waals surface area contributed by atoms with E-state index in [0.29, 0.717) is 0 Å². The van der Waals surface area contributed by atoms with Crippen molar-refractivity contribution < 1.29 is 4.42 Å². The van der Waals surface area contributed by atoms with Gasteiger partial charge in [-0.05, 0) is 67.8 Å². The molecule has 0 N–H and O–H groups in total. The fraction of sp³-hybridized carbons (Fsp3) is 0.100. The van der Waals surface area contributed by atoms with Gasteiger partial charge in [0.2, 0.25) is 0 Å². The summed E-state index contributed by atoms with van der Waals surface area (Å²) in [4.78, 5) is 16.7. The van der Waals surface area contributed by atoms with E-state index in [2.05, 4.69) is 73.2 Å². The molecule has 0 fully saturated rings. The number of thiophene rings is 1. The minimum absolute atomic E-state index is 0.861. The monoisotopic (exact) mass is 471 g/mol. The number of hydrogen-bond donors (Lipinski definition) is 0. The zero-order valence-corrected chi connectivity index (χ0v) is 20.4. The first-order valence-corrected chi connectivity index (χ1v) is 12.4. The van der Waals surface area contributed by atoms with E-state index >= 15 is 0 Å². The Bertz CT molecular complexity index is 1950. The summed E-state index contributed by atoms with van der Waals surface area (Å²) in [6.45, 7) is 6.54. The molecule has 5 heteroatoms. The molecule has 0 saturated heterocycles. The average molecular weight is 472 g/mol. The molecule has 5 heterocycles. The quantitative estimate of drug-likeness (QED) is 0.238. The molecule has 0 saturated carbocycles. The van der Waals surface area contributed by atoms with Gasteiger partial charge in [0.05, 0.1) is 22.1 Å². The highest BCUT2D eigenvalue weighted by Crippen LogP contribution is 2.42. The lowest BCUT2D eigenvalue weighted by molar-refractivity contribution is 0.668. The number of aromatic nitrogens is 3. The third-order valence-corrected chi connectivity index (χ3v) is 8.10. The normalized spacial score (nSPS) is 11.9. The predicted molar refractivity (Wildman–Crippen MR) is 145 cm³/mol. The van der Waals surface area contributed by atoms with Gasteiger partial charge in [-0.2, -0.15) is 0 Å². The lowest BCUT2D eigenvalue weighted by Gasteiger charge is -2.09. The summed E-state index contributed by atoms with van der Waals surface area (Å²) in [7, 11) is 0. The smallest absolute Gasteiger partial charge is 0.139 e. The molecular formula is C30H21N3OS. The Morgan fingerprint density at radius 3 is 2.43 bits per heavy atom. The predicted octanol–water partition coefficient (Wildman–Crippen LogP) is 8.40. The van der Waals surface area contributed by atoms with Crippen LogP contribution >= 0.6 is 11.3 Å². The topological polar surface area (TPSA) is 51.8 Å². The van der Waals surface area contributed by atoms with Crippen LogP contribution < -0.4 is 0 Å². The molecule has 0 unspecified atom stereocenters. The number of benzene rings is 2. The van der Waals surface area contributed by atoms with E-state index in [1.54, 1.807) is 0 Å². The third-order valence-electron chi connectivity index (χ3n) is 6.97. The lowest BCUT2D eigenvalue weighted by atomic mass is 9.97. The number of furan rings is 1. The molecular weight excluding hydrogens is 450 g/mol. The van der Waals surface area contributed by atoms with Crippen molar-refractivity contribution in [2.45, 2.75) is 20.8 Å². The summed E-state index contributed by atoms with van der Waals surface area (Å²) in [6, 6.07) is 18.8. The van der Waals surface area contributed by atoms with Gasteiger partial charge in [-0.3, -0.25) is 15.0 Å². The van der Waals surface area contributed by atoms with Crippen LogP contribution in [0.1, 0.15) is 15.3 Å². The Morgan fingerprint density at radius 1 is 0.714 bits per heavy atom. The van der Waals surface area contributed by atoms with Gasteiger partial charge in [0.1, 0.15) is 11.2 Å². The molecule has 0 radical (unpaired) electrons. The molecule has 168 valence electrons. The van der Waals surface area contributed by atoms with Crippen LogP contribution in [-0.4, -0.2) is 15.0 Å². The molecule has 0 aliphatic carbocycles. The summed E-state index contributed by atoms with van der Waals surface area (Å²) in [5.74, 6) is 0. The van der Waals surface area contributed by atoms with E-state index in [-0.39, 0.29) is 0 Å². The Labute approximate surface area is 205 Å². The Kier molecular flexibility index (Phi) is 4.32. The summed E-state index contributed by atoms with van der Waals surface area (Å²) in [6.07, 6.45) is 5.54. The molecule has 0 atom stereocenters. The Hall–Kier alpha value is -4.09. The van der Waals surface area contributed by atoms with Crippen LogP contribution in [0.5, 0.6) is 0 Å². The first-order valence-electron chi connectivity index (χ1n) is 11.6. The molecule has 0 aliphatic heterocycles. The fourth-order valence-electron chi connectivity index (χ4n) is 5.23. The summed E-state index contributed by atoms with van der Waals surface area (Å²) < 4.78 is 6.28. The van der Waals surface area contributed by atoms with Crippen molar-refractivity contribution in [2.75, 3.05) is 0 Å². The van der Waals surface area contributed by atoms with Crippen molar-refractivity contribution in [2.24, 2.45) is 0 Å². The minimum atomic E-state index is 0.861. The zero-order valence-electron chi connectivity index (χ0n) is 19.6. The largest absolute Gasteiger partial charge is 0.456 e. The Morgan fingerprint density at radius 2 is 1.57 bits per heavy atom. The molecule has 5 aromatic heterocycles. The standard InChI is InChI=1S/C30H21N3OS/c1-16-17(2)35-18(3)26(16)30-27-23-15-20(7-9-24(23)34-25(27)11-14-33-30)21-10-13-32-29-22(21)8-6-19-5-4-12-31-28(19)29/h4-15H,1-3H3. The van der Waals surface area contributed by atoms with Crippen LogP contribution in [0.3, 0.4) is 0 Å². The van der Waals surface area contributed by atoms with E-state index in [1.165, 1.54) is 20.9 Å². The first kappa shape index (κ1) is 20.3. The lowest BCUT2D eigenvalue weighted by Crippen LogP contribution is -1.89. The molecule has 0 spiro atoms. The highest BCUT2D eigenvalue weighted by molar-refractivity contribution is 7.12. The molecule has 7 rings (SSSR count). The van der Waals surface area contributed by atoms with Gasteiger partial charge >= 0.3 is 0 Å². The van der Waals surface area contributed by atoms with Crippen LogP contribution in [-0.2, 0) is 0 Å². The zero-order chi connectivity index (χ0) is 23.7. The van der Waals surface area contributed by atoms with Crippen molar-refractivity contribution in [3.05, 3.63) is 88.5 Å². The highest BCUT2D eigenvalue weighted by atomic mass is 32.1. The van der Waals surface area contributed by atoms with Gasteiger partial charge in [-0.25, -0.2) is 0 Å². The fourth-order valence-corrected chi connectivity index (χ4v) is 6.29. The van der Waals surface area contributed by atoms with Crippen molar-refractivity contribution in [1.29, 1.82) is 0 Å². The number of fused-ring (bicyclic) bond motifs is 6. The van der Waals surface area contributed by atoms with E-state index in [1.807, 2.05) is 42.1 Å². The van der Waals surface area contributed by atoms with Crippen LogP contribution in [0.25, 0.3) is 66.1 Å². The first-order chi connectivity index (χ1) is 17.1. The SMILES string of the molecule is Cc1sc(C)c(-c2nccc3oc4ccc(-c5ccnc6c5ccc5cccnc56)cc4c23)c1C. The van der Waals surface area contributed by atoms with Crippen LogP contribution in [0.15, 0.2) is 77.6 Å². The number of pyridine rings is 3. The maximum Gasteiger partial charge on any atom is 0.139 e. The highest BCUT2D eigenvalue weighted by Gasteiger charge is 2.20. The molecule has 0 amide bonds. The maximum atomic E-state index is 6.28. The average Bonchev–Trinajstić information content (AvgIpc) is 3.38. The number of hydrogen-bond acceptors (Lipinski definition) is 5. The minimum Gasteiger partial charge on any atom is -0.456 e. The molecule has 0 aliphatic rings. The number of aryl methyl sites for hydroxylation is 2. The molecule has 35 heavy (non-hydrogen) atoms. The van der Waals surface area contributed by atoms with E-state index in [9.17, 15) is 0 Å². The summed E-state index contributed by atoms with van der Waals surface area (Å²) in [5.41, 5.74) is 9.32. The molecule has 4 nitrogen and oxygen atoms in total. The number of rotatable bonds is 2. The second kappa shape index (κ2) is 7.45. The van der Waals surface area contributed by atoms with Crippen molar-refractivity contribution in [1.82, 2.24) is 15.0 Å². The van der Waals surface area contributed by atoms with E-state index in [0.717, 1.165) is 60.6 Å². The van der Waals surface area contributed by atoms with Gasteiger partial charge in [0, 0.05) is 50.1 Å². The summed E-state index contributed by atoms with van der Waals surface area (Å²) in [5, 5.41) is 4.32. The van der Waals surface area contributed by atoms with Crippen LogP contribution in [0.4, 0.5) is 0 Å². The molecule has 7 aromatic rings. The number of nitrogens with zero attached hydrogens (tertiary/aromatic N) is 3.